The van der Waals surface area contributed by atoms with Crippen LogP contribution in [0.5, 0.6) is 0 Å². The summed E-state index contributed by atoms with van der Waals surface area (Å²) in [5, 5.41) is 2.41. The van der Waals surface area contributed by atoms with E-state index in [1.54, 1.807) is 0 Å². The molecule has 0 bridgehead atoms. The third-order valence-electron chi connectivity index (χ3n) is 9.17. The molecule has 0 aliphatic rings. The summed E-state index contributed by atoms with van der Waals surface area (Å²) in [6, 6.07) is 15.7. The summed E-state index contributed by atoms with van der Waals surface area (Å²) in [6.45, 7) is 5.89. The molecule has 0 radical (unpaired) electrons. The number of nitrogens with two attached hydrogens (primary N) is 4. The molecule has 2 aromatic carbocycles. The van der Waals surface area contributed by atoms with E-state index >= 15 is 0 Å². The molecular formula is C38H56N6. The number of fused-ring (bicyclic) bond motifs is 2. The molecule has 0 saturated heterocycles. The lowest BCUT2D eigenvalue weighted by Gasteiger charge is -2.24. The number of pyridine rings is 2. The van der Waals surface area contributed by atoms with Crippen LogP contribution in [0.1, 0.15) is 118 Å². The maximum atomic E-state index is 6.67. The maximum Gasteiger partial charge on any atom is 0.127 e. The Hall–Kier alpha value is -3.22. The van der Waals surface area contributed by atoms with Crippen LogP contribution in [0.25, 0.3) is 21.8 Å². The van der Waals surface area contributed by atoms with Gasteiger partial charge in [0.2, 0.25) is 0 Å². The van der Waals surface area contributed by atoms with E-state index in [2.05, 4.69) is 56.3 Å². The van der Waals surface area contributed by atoms with E-state index in [0.717, 1.165) is 87.2 Å². The van der Waals surface area contributed by atoms with Gasteiger partial charge in [-0.1, -0.05) is 70.2 Å². The van der Waals surface area contributed by atoms with Crippen LogP contribution in [0.2, 0.25) is 0 Å². The Balaban J connectivity index is 1.82. The number of nitrogen functional groups attached to an aromatic ring is 2. The molecule has 2 heterocycles. The van der Waals surface area contributed by atoms with Crippen molar-refractivity contribution in [3.05, 3.63) is 70.3 Å². The van der Waals surface area contributed by atoms with Crippen LogP contribution >= 0.6 is 0 Å². The van der Waals surface area contributed by atoms with Gasteiger partial charge in [0.1, 0.15) is 11.6 Å². The number of unbranched alkanes of at least 4 members (excludes halogenated alkanes) is 6. The summed E-state index contributed by atoms with van der Waals surface area (Å²) in [6.07, 6.45) is 16.1. The van der Waals surface area contributed by atoms with Crippen molar-refractivity contribution in [1.29, 1.82) is 0 Å². The molecule has 4 rings (SSSR count). The third kappa shape index (κ3) is 8.70. The minimum Gasteiger partial charge on any atom is -0.383 e. The topological polar surface area (TPSA) is 130 Å². The zero-order chi connectivity index (χ0) is 31.3. The molecule has 8 N–H and O–H groups in total. The summed E-state index contributed by atoms with van der Waals surface area (Å²) < 4.78 is 0. The van der Waals surface area contributed by atoms with Crippen molar-refractivity contribution in [2.75, 3.05) is 24.6 Å². The molecule has 0 amide bonds. The molecule has 1 atom stereocenters. The molecule has 44 heavy (non-hydrogen) atoms. The highest BCUT2D eigenvalue weighted by Gasteiger charge is 2.22. The van der Waals surface area contributed by atoms with Crippen molar-refractivity contribution in [3.63, 3.8) is 0 Å². The van der Waals surface area contributed by atoms with Gasteiger partial charge in [0, 0.05) is 10.8 Å². The first-order valence-electron chi connectivity index (χ1n) is 17.3. The van der Waals surface area contributed by atoms with Crippen molar-refractivity contribution < 1.29 is 0 Å². The van der Waals surface area contributed by atoms with Crippen LogP contribution in [0.4, 0.5) is 11.6 Å². The normalized spacial score (nSPS) is 12.4. The number of hydrogen-bond donors (Lipinski definition) is 4. The van der Waals surface area contributed by atoms with E-state index in [4.69, 9.17) is 32.9 Å². The highest BCUT2D eigenvalue weighted by Crippen LogP contribution is 2.37. The fourth-order valence-electron chi connectivity index (χ4n) is 6.67. The Morgan fingerprint density at radius 1 is 0.636 bits per heavy atom. The molecule has 0 aliphatic carbocycles. The second-order valence-corrected chi connectivity index (χ2v) is 12.6. The molecule has 1 unspecified atom stereocenters. The first-order valence-corrected chi connectivity index (χ1v) is 17.3. The second kappa shape index (κ2) is 17.3. The van der Waals surface area contributed by atoms with Gasteiger partial charge in [0.25, 0.3) is 0 Å². The molecule has 6 heteroatoms. The van der Waals surface area contributed by atoms with Gasteiger partial charge in [-0.3, -0.25) is 0 Å². The summed E-state index contributed by atoms with van der Waals surface area (Å²) in [5.41, 5.74) is 33.4. The average Bonchev–Trinajstić information content (AvgIpc) is 3.02. The zero-order valence-corrected chi connectivity index (χ0v) is 27.3. The van der Waals surface area contributed by atoms with Gasteiger partial charge < -0.3 is 22.9 Å². The van der Waals surface area contributed by atoms with E-state index in [1.807, 2.05) is 0 Å². The monoisotopic (exact) mass is 596 g/mol. The van der Waals surface area contributed by atoms with E-state index in [9.17, 15) is 0 Å². The second-order valence-electron chi connectivity index (χ2n) is 12.6. The molecule has 4 aromatic rings. The maximum absolute atomic E-state index is 6.67. The van der Waals surface area contributed by atoms with E-state index in [1.165, 1.54) is 58.7 Å². The van der Waals surface area contributed by atoms with Gasteiger partial charge in [-0.15, -0.1) is 0 Å². The minimum absolute atomic E-state index is 0.280. The SMILES string of the molecule is CCCCCc1cc2c(CC(CCCCN)c3c(CCCCN)ccc4cc(CCCCC)c(N)nc34)cccc2nc1N. The number of benzene rings is 2. The lowest BCUT2D eigenvalue weighted by atomic mass is 9.81. The van der Waals surface area contributed by atoms with Gasteiger partial charge in [-0.25, -0.2) is 9.97 Å². The standard InChI is InChI=1S/C38H56N6/c1-3-5-7-16-31-25-30-21-20-27(14-9-11-22-39)35(36(30)44-38(31)42)29(15-10-12-23-40)24-28-18-13-19-34-33(28)26-32(37(41)43-34)17-8-6-4-2/h13,18-21,25-26,29H,3-12,14-17,22-24,39-40H2,1-2H3,(H2,41,43)(H2,42,44). The van der Waals surface area contributed by atoms with Crippen LogP contribution in [0.3, 0.4) is 0 Å². The molecule has 6 nitrogen and oxygen atoms in total. The Bertz CT molecular complexity index is 1480. The average molecular weight is 597 g/mol. The molecule has 0 fully saturated rings. The first kappa shape index (κ1) is 33.7. The fourth-order valence-corrected chi connectivity index (χ4v) is 6.67. The smallest absolute Gasteiger partial charge is 0.127 e. The number of aromatic nitrogens is 2. The first-order chi connectivity index (χ1) is 21.5. The summed E-state index contributed by atoms with van der Waals surface area (Å²) in [5.74, 6) is 1.62. The Labute approximate surface area is 265 Å². The van der Waals surface area contributed by atoms with E-state index < -0.39 is 0 Å². The van der Waals surface area contributed by atoms with Crippen molar-refractivity contribution in [1.82, 2.24) is 9.97 Å². The van der Waals surface area contributed by atoms with Gasteiger partial charge in [-0.2, -0.15) is 0 Å². The lowest BCUT2D eigenvalue weighted by molar-refractivity contribution is 0.569. The van der Waals surface area contributed by atoms with Crippen molar-refractivity contribution in [2.45, 2.75) is 116 Å². The number of nitrogens with zero attached hydrogens (tertiary/aromatic N) is 2. The van der Waals surface area contributed by atoms with Crippen molar-refractivity contribution in [3.8, 4) is 0 Å². The van der Waals surface area contributed by atoms with Gasteiger partial charge in [0.05, 0.1) is 11.0 Å². The number of aryl methyl sites for hydroxylation is 3. The Morgan fingerprint density at radius 2 is 1.27 bits per heavy atom. The Kier molecular flexibility index (Phi) is 13.2. The van der Waals surface area contributed by atoms with Crippen LogP contribution in [0, 0.1) is 0 Å². The zero-order valence-electron chi connectivity index (χ0n) is 27.3. The van der Waals surface area contributed by atoms with Crippen LogP contribution in [-0.2, 0) is 25.7 Å². The third-order valence-corrected chi connectivity index (χ3v) is 9.17. The van der Waals surface area contributed by atoms with E-state index in [-0.39, 0.29) is 5.92 Å². The molecule has 0 spiro atoms. The van der Waals surface area contributed by atoms with Gasteiger partial charge in [-0.05, 0) is 129 Å². The predicted molar refractivity (Wildman–Crippen MR) is 190 cm³/mol. The summed E-state index contributed by atoms with van der Waals surface area (Å²) >= 11 is 0. The number of rotatable bonds is 19. The number of anilines is 2. The van der Waals surface area contributed by atoms with Crippen LogP contribution in [-0.4, -0.2) is 23.1 Å². The largest absolute Gasteiger partial charge is 0.383 e. The highest BCUT2D eigenvalue weighted by molar-refractivity contribution is 5.87. The van der Waals surface area contributed by atoms with Crippen molar-refractivity contribution in [2.24, 2.45) is 11.5 Å². The predicted octanol–water partition coefficient (Wildman–Crippen LogP) is 8.15. The van der Waals surface area contributed by atoms with Crippen LogP contribution in [0.15, 0.2) is 42.5 Å². The van der Waals surface area contributed by atoms with E-state index in [0.29, 0.717) is 24.7 Å². The quantitative estimate of drug-likeness (QED) is 0.0808. The highest BCUT2D eigenvalue weighted by atomic mass is 14.8. The lowest BCUT2D eigenvalue weighted by Crippen LogP contribution is -2.12. The summed E-state index contributed by atoms with van der Waals surface area (Å²) in [4.78, 5) is 10.0. The molecular weight excluding hydrogens is 540 g/mol. The number of hydrogen-bond acceptors (Lipinski definition) is 6. The molecule has 2 aromatic heterocycles. The molecule has 0 aliphatic heterocycles. The molecule has 0 saturated carbocycles. The fraction of sp³-hybridized carbons (Fsp3) is 0.526. The minimum atomic E-state index is 0.280. The van der Waals surface area contributed by atoms with Crippen molar-refractivity contribution >= 4 is 33.4 Å². The summed E-state index contributed by atoms with van der Waals surface area (Å²) in [7, 11) is 0. The van der Waals surface area contributed by atoms with Gasteiger partial charge in [0.15, 0.2) is 0 Å². The Morgan fingerprint density at radius 3 is 1.98 bits per heavy atom. The van der Waals surface area contributed by atoms with Crippen LogP contribution < -0.4 is 22.9 Å². The van der Waals surface area contributed by atoms with Gasteiger partial charge >= 0.3 is 0 Å². The molecule has 238 valence electrons.